The smallest absolute Gasteiger partial charge is 0.310 e. The number of furan rings is 1. The summed E-state index contributed by atoms with van der Waals surface area (Å²) >= 11 is 0. The minimum absolute atomic E-state index is 0.218. The van der Waals surface area contributed by atoms with Crippen LogP contribution >= 0.6 is 0 Å². The minimum atomic E-state index is -0.295. The average Bonchev–Trinajstić information content (AvgIpc) is 3.24. The van der Waals surface area contributed by atoms with Gasteiger partial charge in [-0.25, -0.2) is 4.98 Å². The van der Waals surface area contributed by atoms with Gasteiger partial charge in [0, 0.05) is 18.4 Å². The first-order chi connectivity index (χ1) is 12.2. The lowest BCUT2D eigenvalue weighted by molar-refractivity contribution is -0.146. The molecule has 25 heavy (non-hydrogen) atoms. The summed E-state index contributed by atoms with van der Waals surface area (Å²) in [5.41, 5.74) is 0. The van der Waals surface area contributed by atoms with Crippen LogP contribution in [0.15, 0.2) is 35.3 Å². The van der Waals surface area contributed by atoms with Crippen molar-refractivity contribution in [3.8, 4) is 0 Å². The molecule has 0 saturated heterocycles. The predicted molar refractivity (Wildman–Crippen MR) is 89.9 cm³/mol. The summed E-state index contributed by atoms with van der Waals surface area (Å²) < 4.78 is 12.4. The first kappa shape index (κ1) is 17.3. The lowest BCUT2D eigenvalue weighted by Crippen LogP contribution is -2.43. The number of imidazole rings is 1. The molecule has 7 nitrogen and oxygen atoms in total. The molecule has 1 saturated carbocycles. The number of hydrogen-bond donors (Lipinski definition) is 1. The number of rotatable bonds is 5. The maximum Gasteiger partial charge on any atom is 0.310 e. The second kappa shape index (κ2) is 8.00. The van der Waals surface area contributed by atoms with Gasteiger partial charge in [0.15, 0.2) is 5.76 Å². The third-order valence-corrected chi connectivity index (χ3v) is 4.62. The third kappa shape index (κ3) is 4.29. The Balaban J connectivity index is 1.65. The minimum Gasteiger partial charge on any atom is -0.469 e. The van der Waals surface area contributed by atoms with Crippen LogP contribution in [-0.2, 0) is 16.1 Å². The standard InChI is InChI=1S/C18H23N3O4/c1-24-18(23)14-5-3-2-4-6-15(14)20-17(22)16-8-7-13(25-16)11-21-10-9-19-12-21/h7-10,12,14-15H,2-6,11H2,1H3,(H,20,22). The van der Waals surface area contributed by atoms with E-state index >= 15 is 0 Å². The van der Waals surface area contributed by atoms with E-state index < -0.39 is 0 Å². The number of hydrogen-bond acceptors (Lipinski definition) is 5. The Hall–Kier alpha value is -2.57. The van der Waals surface area contributed by atoms with Crippen LogP contribution < -0.4 is 5.32 Å². The molecule has 3 rings (SSSR count). The van der Waals surface area contributed by atoms with Gasteiger partial charge in [0.25, 0.3) is 5.91 Å². The number of aromatic nitrogens is 2. The van der Waals surface area contributed by atoms with Crippen molar-refractivity contribution in [3.63, 3.8) is 0 Å². The fourth-order valence-corrected chi connectivity index (χ4v) is 3.30. The van der Waals surface area contributed by atoms with Crippen molar-refractivity contribution >= 4 is 11.9 Å². The van der Waals surface area contributed by atoms with Crippen molar-refractivity contribution in [1.82, 2.24) is 14.9 Å². The summed E-state index contributed by atoms with van der Waals surface area (Å²) in [5.74, 6) is 0.0819. The molecular formula is C18H23N3O4. The maximum absolute atomic E-state index is 12.5. The van der Waals surface area contributed by atoms with Gasteiger partial charge in [-0.3, -0.25) is 9.59 Å². The molecule has 0 aromatic carbocycles. The molecule has 1 aliphatic carbocycles. The summed E-state index contributed by atoms with van der Waals surface area (Å²) in [4.78, 5) is 28.5. The molecule has 2 aromatic heterocycles. The van der Waals surface area contributed by atoms with E-state index in [0.717, 1.165) is 32.1 Å². The Kier molecular flexibility index (Phi) is 5.53. The SMILES string of the molecule is COC(=O)C1CCCCCC1NC(=O)c1ccc(Cn2ccnc2)o1. The monoisotopic (exact) mass is 345 g/mol. The van der Waals surface area contributed by atoms with E-state index in [1.807, 2.05) is 10.8 Å². The van der Waals surface area contributed by atoms with Gasteiger partial charge >= 0.3 is 5.97 Å². The van der Waals surface area contributed by atoms with Gasteiger partial charge in [0.2, 0.25) is 0 Å². The molecule has 134 valence electrons. The van der Waals surface area contributed by atoms with Crippen molar-refractivity contribution in [1.29, 1.82) is 0 Å². The predicted octanol–water partition coefficient (Wildman–Crippen LogP) is 2.38. The Bertz CT molecular complexity index is 708. The molecule has 0 radical (unpaired) electrons. The Labute approximate surface area is 146 Å². The summed E-state index contributed by atoms with van der Waals surface area (Å²) in [6.45, 7) is 0.515. The van der Waals surface area contributed by atoms with Crippen molar-refractivity contribution in [2.24, 2.45) is 5.92 Å². The Morgan fingerprint density at radius 2 is 2.16 bits per heavy atom. The molecule has 7 heteroatoms. The number of ether oxygens (including phenoxy) is 1. The van der Waals surface area contributed by atoms with E-state index in [1.54, 1.807) is 24.7 Å². The van der Waals surface area contributed by atoms with E-state index in [0.29, 0.717) is 12.3 Å². The normalized spacial score (nSPS) is 20.7. The van der Waals surface area contributed by atoms with E-state index in [4.69, 9.17) is 9.15 Å². The number of nitrogens with one attached hydrogen (secondary N) is 1. The topological polar surface area (TPSA) is 86.4 Å². The number of methoxy groups -OCH3 is 1. The van der Waals surface area contributed by atoms with Crippen LogP contribution in [-0.4, -0.2) is 34.6 Å². The summed E-state index contributed by atoms with van der Waals surface area (Å²) in [5, 5.41) is 2.96. The lowest BCUT2D eigenvalue weighted by atomic mass is 9.94. The second-order valence-electron chi connectivity index (χ2n) is 6.35. The summed E-state index contributed by atoms with van der Waals surface area (Å²) in [6, 6.07) is 3.22. The second-order valence-corrected chi connectivity index (χ2v) is 6.35. The summed E-state index contributed by atoms with van der Waals surface area (Å²) in [6.07, 6.45) is 9.74. The highest BCUT2D eigenvalue weighted by atomic mass is 16.5. The number of esters is 1. The molecule has 1 aliphatic rings. The number of amides is 1. The molecule has 2 heterocycles. The molecule has 2 unspecified atom stereocenters. The van der Waals surface area contributed by atoms with E-state index in [-0.39, 0.29) is 29.6 Å². The van der Waals surface area contributed by atoms with E-state index in [1.165, 1.54) is 7.11 Å². The summed E-state index contributed by atoms with van der Waals surface area (Å²) in [7, 11) is 1.39. The van der Waals surface area contributed by atoms with E-state index in [9.17, 15) is 9.59 Å². The number of carbonyl (C=O) groups excluding carboxylic acids is 2. The highest BCUT2D eigenvalue weighted by Crippen LogP contribution is 2.25. The van der Waals surface area contributed by atoms with Crippen LogP contribution in [0.3, 0.4) is 0 Å². The van der Waals surface area contributed by atoms with Crippen LogP contribution in [0, 0.1) is 5.92 Å². The zero-order valence-corrected chi connectivity index (χ0v) is 14.3. The van der Waals surface area contributed by atoms with Crippen LogP contribution in [0.25, 0.3) is 0 Å². The zero-order valence-electron chi connectivity index (χ0n) is 14.3. The molecule has 0 bridgehead atoms. The van der Waals surface area contributed by atoms with Crippen LogP contribution in [0.4, 0.5) is 0 Å². The zero-order chi connectivity index (χ0) is 17.6. The molecule has 1 amide bonds. The number of nitrogens with zero attached hydrogens (tertiary/aromatic N) is 2. The molecular weight excluding hydrogens is 322 g/mol. The van der Waals surface area contributed by atoms with Gasteiger partial charge in [0.05, 0.1) is 25.9 Å². The highest BCUT2D eigenvalue weighted by Gasteiger charge is 2.32. The first-order valence-corrected chi connectivity index (χ1v) is 8.60. The maximum atomic E-state index is 12.5. The molecule has 2 atom stereocenters. The third-order valence-electron chi connectivity index (χ3n) is 4.62. The van der Waals surface area contributed by atoms with Gasteiger partial charge in [-0.2, -0.15) is 0 Å². The fraction of sp³-hybridized carbons (Fsp3) is 0.500. The van der Waals surface area contributed by atoms with Crippen LogP contribution in [0.1, 0.15) is 48.4 Å². The van der Waals surface area contributed by atoms with Gasteiger partial charge in [-0.05, 0) is 25.0 Å². The quantitative estimate of drug-likeness (QED) is 0.664. The van der Waals surface area contributed by atoms with Crippen molar-refractivity contribution in [2.45, 2.75) is 44.7 Å². The van der Waals surface area contributed by atoms with E-state index in [2.05, 4.69) is 10.3 Å². The Morgan fingerprint density at radius 1 is 1.32 bits per heavy atom. The first-order valence-electron chi connectivity index (χ1n) is 8.60. The molecule has 1 fully saturated rings. The molecule has 0 spiro atoms. The van der Waals surface area contributed by atoms with Crippen molar-refractivity contribution in [2.75, 3.05) is 7.11 Å². The largest absolute Gasteiger partial charge is 0.469 e. The van der Waals surface area contributed by atoms with Crippen molar-refractivity contribution in [3.05, 3.63) is 42.4 Å². The van der Waals surface area contributed by atoms with Crippen LogP contribution in [0.5, 0.6) is 0 Å². The van der Waals surface area contributed by atoms with Crippen LogP contribution in [0.2, 0.25) is 0 Å². The van der Waals surface area contributed by atoms with Gasteiger partial charge in [0.1, 0.15) is 5.76 Å². The average molecular weight is 345 g/mol. The van der Waals surface area contributed by atoms with Crippen molar-refractivity contribution < 1.29 is 18.7 Å². The van der Waals surface area contributed by atoms with Gasteiger partial charge in [-0.15, -0.1) is 0 Å². The Morgan fingerprint density at radius 3 is 2.92 bits per heavy atom. The van der Waals surface area contributed by atoms with Gasteiger partial charge in [-0.1, -0.05) is 19.3 Å². The lowest BCUT2D eigenvalue weighted by Gasteiger charge is -2.23. The molecule has 0 aliphatic heterocycles. The van der Waals surface area contributed by atoms with Gasteiger partial charge < -0.3 is 19.0 Å². The fourth-order valence-electron chi connectivity index (χ4n) is 3.30. The molecule has 2 aromatic rings. The molecule has 1 N–H and O–H groups in total. The number of carbonyl (C=O) groups is 2. The highest BCUT2D eigenvalue weighted by molar-refractivity contribution is 5.92.